The van der Waals surface area contributed by atoms with E-state index in [1.807, 2.05) is 0 Å². The average molecular weight is 174 g/mol. The maximum Gasteiger partial charge on any atom is 0.000957 e. The standard InChI is InChI=1S/C13H18/c1-3-10-8-9-11-6-5-7-13(11)12(10)4-2/h3-4,8-13H,1-2,5-7H2/t10-,11+,12+,13+/m1/s1. The minimum Gasteiger partial charge on any atom is -0.103 e. The fourth-order valence-corrected chi connectivity index (χ4v) is 2.99. The Kier molecular flexibility index (Phi) is 2.39. The summed E-state index contributed by atoms with van der Waals surface area (Å²) in [5, 5.41) is 0. The van der Waals surface area contributed by atoms with Gasteiger partial charge in [-0.25, -0.2) is 0 Å². The van der Waals surface area contributed by atoms with E-state index in [1.54, 1.807) is 0 Å². The van der Waals surface area contributed by atoms with Crippen LogP contribution in [-0.2, 0) is 0 Å². The van der Waals surface area contributed by atoms with Crippen molar-refractivity contribution in [3.05, 3.63) is 37.5 Å². The van der Waals surface area contributed by atoms with Crippen molar-refractivity contribution in [2.75, 3.05) is 0 Å². The molecule has 0 N–H and O–H groups in total. The zero-order chi connectivity index (χ0) is 9.26. The lowest BCUT2D eigenvalue weighted by Gasteiger charge is -2.32. The Bertz CT molecular complexity index is 236. The fourth-order valence-electron chi connectivity index (χ4n) is 2.99. The average Bonchev–Trinajstić information content (AvgIpc) is 2.63. The zero-order valence-corrected chi connectivity index (χ0v) is 8.15. The summed E-state index contributed by atoms with van der Waals surface area (Å²) in [5.74, 6) is 2.87. The molecule has 2 aliphatic rings. The van der Waals surface area contributed by atoms with Gasteiger partial charge in [0.05, 0.1) is 0 Å². The van der Waals surface area contributed by atoms with Gasteiger partial charge in [0.25, 0.3) is 0 Å². The van der Waals surface area contributed by atoms with E-state index in [-0.39, 0.29) is 0 Å². The number of fused-ring (bicyclic) bond motifs is 1. The van der Waals surface area contributed by atoms with Crippen LogP contribution in [0, 0.1) is 23.7 Å². The smallest absolute Gasteiger partial charge is 0.000957 e. The summed E-state index contributed by atoms with van der Waals surface area (Å²) < 4.78 is 0. The molecule has 1 saturated carbocycles. The molecule has 2 aliphatic carbocycles. The largest absolute Gasteiger partial charge is 0.103 e. The van der Waals surface area contributed by atoms with Crippen molar-refractivity contribution in [1.29, 1.82) is 0 Å². The number of rotatable bonds is 2. The van der Waals surface area contributed by atoms with E-state index in [9.17, 15) is 0 Å². The number of hydrogen-bond donors (Lipinski definition) is 0. The third-order valence-corrected chi connectivity index (χ3v) is 3.69. The molecule has 0 aromatic rings. The van der Waals surface area contributed by atoms with E-state index in [0.29, 0.717) is 11.8 Å². The van der Waals surface area contributed by atoms with Gasteiger partial charge in [-0.2, -0.15) is 0 Å². The first-order valence-corrected chi connectivity index (χ1v) is 5.30. The monoisotopic (exact) mass is 174 g/mol. The topological polar surface area (TPSA) is 0 Å². The van der Waals surface area contributed by atoms with Crippen LogP contribution >= 0.6 is 0 Å². The van der Waals surface area contributed by atoms with E-state index in [2.05, 4.69) is 37.5 Å². The summed E-state index contributed by atoms with van der Waals surface area (Å²) in [6.07, 6.45) is 13.1. The van der Waals surface area contributed by atoms with Crippen molar-refractivity contribution in [2.24, 2.45) is 23.7 Å². The van der Waals surface area contributed by atoms with E-state index in [0.717, 1.165) is 11.8 Å². The lowest BCUT2D eigenvalue weighted by atomic mass is 9.72. The van der Waals surface area contributed by atoms with Gasteiger partial charge >= 0.3 is 0 Å². The Morgan fingerprint density at radius 2 is 1.92 bits per heavy atom. The Hall–Kier alpha value is -0.780. The molecule has 0 heterocycles. The predicted octanol–water partition coefficient (Wildman–Crippen LogP) is 3.58. The maximum absolute atomic E-state index is 3.96. The highest BCUT2D eigenvalue weighted by Gasteiger charge is 2.35. The van der Waals surface area contributed by atoms with E-state index in [1.165, 1.54) is 19.3 Å². The molecule has 13 heavy (non-hydrogen) atoms. The SMILES string of the molecule is C=C[C@@H]1C=C[C@@H]2CCC[C@@H]2[C@H]1C=C. The van der Waals surface area contributed by atoms with Gasteiger partial charge in [-0.15, -0.1) is 13.2 Å². The van der Waals surface area contributed by atoms with Gasteiger partial charge < -0.3 is 0 Å². The van der Waals surface area contributed by atoms with Crippen molar-refractivity contribution < 1.29 is 0 Å². The molecule has 0 heteroatoms. The summed E-state index contributed by atoms with van der Waals surface area (Å²) >= 11 is 0. The molecule has 0 nitrogen and oxygen atoms in total. The Balaban J connectivity index is 2.24. The number of hydrogen-bond acceptors (Lipinski definition) is 0. The second kappa shape index (κ2) is 3.53. The molecule has 0 saturated heterocycles. The van der Waals surface area contributed by atoms with Crippen LogP contribution in [0.1, 0.15) is 19.3 Å². The third kappa shape index (κ3) is 1.39. The summed E-state index contributed by atoms with van der Waals surface area (Å²) in [5.41, 5.74) is 0. The second-order valence-corrected chi connectivity index (χ2v) is 4.27. The van der Waals surface area contributed by atoms with Crippen LogP contribution < -0.4 is 0 Å². The van der Waals surface area contributed by atoms with Crippen LogP contribution in [0.5, 0.6) is 0 Å². The highest BCUT2D eigenvalue weighted by molar-refractivity contribution is 5.14. The molecule has 0 spiro atoms. The first kappa shape index (κ1) is 8.80. The molecule has 0 amide bonds. The zero-order valence-electron chi connectivity index (χ0n) is 8.15. The normalized spacial score (nSPS) is 42.8. The van der Waals surface area contributed by atoms with Crippen LogP contribution in [-0.4, -0.2) is 0 Å². The molecule has 0 aliphatic heterocycles. The van der Waals surface area contributed by atoms with Crippen molar-refractivity contribution in [3.8, 4) is 0 Å². The maximum atomic E-state index is 3.96. The molecule has 1 fully saturated rings. The van der Waals surface area contributed by atoms with Crippen molar-refractivity contribution in [1.82, 2.24) is 0 Å². The molecule has 0 bridgehead atoms. The first-order valence-electron chi connectivity index (χ1n) is 5.30. The van der Waals surface area contributed by atoms with Crippen molar-refractivity contribution in [2.45, 2.75) is 19.3 Å². The van der Waals surface area contributed by atoms with Gasteiger partial charge in [-0.3, -0.25) is 0 Å². The lowest BCUT2D eigenvalue weighted by molar-refractivity contribution is 0.294. The highest BCUT2D eigenvalue weighted by atomic mass is 14.4. The molecule has 0 unspecified atom stereocenters. The summed E-state index contributed by atoms with van der Waals surface area (Å²) in [6.45, 7) is 7.86. The Morgan fingerprint density at radius 3 is 2.62 bits per heavy atom. The van der Waals surface area contributed by atoms with Crippen molar-refractivity contribution >= 4 is 0 Å². The second-order valence-electron chi connectivity index (χ2n) is 4.27. The quantitative estimate of drug-likeness (QED) is 0.561. The summed E-state index contributed by atoms with van der Waals surface area (Å²) in [7, 11) is 0. The molecule has 70 valence electrons. The first-order chi connectivity index (χ1) is 6.36. The van der Waals surface area contributed by atoms with Crippen LogP contribution in [0.4, 0.5) is 0 Å². The third-order valence-electron chi connectivity index (χ3n) is 3.69. The molecule has 2 rings (SSSR count). The summed E-state index contributed by atoms with van der Waals surface area (Å²) in [6, 6.07) is 0. The van der Waals surface area contributed by atoms with Gasteiger partial charge in [0.15, 0.2) is 0 Å². The predicted molar refractivity (Wildman–Crippen MR) is 57.3 cm³/mol. The molecule has 0 aromatic heterocycles. The Morgan fingerprint density at radius 1 is 1.08 bits per heavy atom. The van der Waals surface area contributed by atoms with Crippen LogP contribution in [0.3, 0.4) is 0 Å². The minimum absolute atomic E-state index is 0.539. The van der Waals surface area contributed by atoms with E-state index < -0.39 is 0 Å². The molecule has 0 radical (unpaired) electrons. The van der Waals surface area contributed by atoms with Crippen LogP contribution in [0.2, 0.25) is 0 Å². The number of allylic oxidation sites excluding steroid dienone is 4. The van der Waals surface area contributed by atoms with Gasteiger partial charge in [0.1, 0.15) is 0 Å². The van der Waals surface area contributed by atoms with Crippen molar-refractivity contribution in [3.63, 3.8) is 0 Å². The van der Waals surface area contributed by atoms with Gasteiger partial charge in [-0.1, -0.05) is 30.7 Å². The van der Waals surface area contributed by atoms with Crippen LogP contribution in [0.15, 0.2) is 37.5 Å². The molecule has 0 aromatic carbocycles. The van der Waals surface area contributed by atoms with Gasteiger partial charge in [0, 0.05) is 5.92 Å². The van der Waals surface area contributed by atoms with Crippen LogP contribution in [0.25, 0.3) is 0 Å². The molecular formula is C13H18. The van der Waals surface area contributed by atoms with E-state index in [4.69, 9.17) is 0 Å². The summed E-state index contributed by atoms with van der Waals surface area (Å²) in [4.78, 5) is 0. The molecule has 4 atom stereocenters. The van der Waals surface area contributed by atoms with E-state index >= 15 is 0 Å². The highest BCUT2D eigenvalue weighted by Crippen LogP contribution is 2.45. The van der Waals surface area contributed by atoms with Gasteiger partial charge in [0.2, 0.25) is 0 Å². The Labute approximate surface area is 81.0 Å². The van der Waals surface area contributed by atoms with Gasteiger partial charge in [-0.05, 0) is 30.6 Å². The minimum atomic E-state index is 0.539. The molecular weight excluding hydrogens is 156 g/mol. The lowest BCUT2D eigenvalue weighted by Crippen LogP contribution is -2.25. The fraction of sp³-hybridized carbons (Fsp3) is 0.538.